The highest BCUT2D eigenvalue weighted by Crippen LogP contribution is 2.31. The van der Waals surface area contributed by atoms with Gasteiger partial charge >= 0.3 is 6.18 Å². The number of aromatic amines is 2. The topological polar surface area (TPSA) is 81.0 Å². The number of para-hydroxylation sites is 1. The van der Waals surface area contributed by atoms with Gasteiger partial charge in [-0.1, -0.05) is 30.3 Å². The fraction of sp³-hybridized carbons (Fsp3) is 0.200. The Bertz CT molecular complexity index is 1370. The van der Waals surface area contributed by atoms with E-state index in [2.05, 4.69) is 10.3 Å². The number of benzene rings is 2. The molecule has 0 spiro atoms. The molecule has 1 unspecified atom stereocenters. The average molecular weight is 468 g/mol. The lowest BCUT2D eigenvalue weighted by Gasteiger charge is -2.20. The first-order chi connectivity index (χ1) is 16.1. The Balaban J connectivity index is 1.64. The highest BCUT2D eigenvalue weighted by molar-refractivity contribution is 5.94. The molecule has 1 atom stereocenters. The third-order valence-corrected chi connectivity index (χ3v) is 5.73. The summed E-state index contributed by atoms with van der Waals surface area (Å²) in [5, 5.41) is 3.71. The molecule has 2 aromatic carbocycles. The van der Waals surface area contributed by atoms with Crippen molar-refractivity contribution >= 4 is 22.5 Å². The molecule has 0 aliphatic heterocycles. The van der Waals surface area contributed by atoms with Crippen LogP contribution in [0.3, 0.4) is 0 Å². The summed E-state index contributed by atoms with van der Waals surface area (Å²) in [7, 11) is 3.88. The van der Waals surface area contributed by atoms with Crippen molar-refractivity contribution in [1.82, 2.24) is 15.3 Å². The fourth-order valence-corrected chi connectivity index (χ4v) is 3.90. The third-order valence-electron chi connectivity index (χ3n) is 5.73. The van der Waals surface area contributed by atoms with Crippen molar-refractivity contribution in [2.75, 3.05) is 25.5 Å². The zero-order chi connectivity index (χ0) is 24.5. The van der Waals surface area contributed by atoms with Gasteiger partial charge in [0.2, 0.25) is 0 Å². The van der Waals surface area contributed by atoms with Crippen LogP contribution in [-0.2, 0) is 6.18 Å². The Morgan fingerprint density at radius 3 is 2.38 bits per heavy atom. The number of carbonyl (C=O) groups is 1. The molecule has 0 saturated heterocycles. The number of alkyl halides is 3. The number of pyridine rings is 1. The summed E-state index contributed by atoms with van der Waals surface area (Å²) < 4.78 is 38.5. The number of hydrogen-bond donors (Lipinski definition) is 3. The smallest absolute Gasteiger partial charge is 0.378 e. The molecule has 0 bridgehead atoms. The molecule has 3 N–H and O–H groups in total. The van der Waals surface area contributed by atoms with E-state index in [0.29, 0.717) is 6.07 Å². The Morgan fingerprint density at radius 2 is 1.74 bits per heavy atom. The maximum absolute atomic E-state index is 12.8. The van der Waals surface area contributed by atoms with Crippen LogP contribution in [0.1, 0.15) is 33.1 Å². The van der Waals surface area contributed by atoms with Gasteiger partial charge in [0.25, 0.3) is 11.5 Å². The summed E-state index contributed by atoms with van der Waals surface area (Å²) in [6.45, 7) is 0.141. The highest BCUT2D eigenvalue weighted by atomic mass is 19.4. The molecule has 6 nitrogen and oxygen atoms in total. The van der Waals surface area contributed by atoms with Crippen LogP contribution in [0.4, 0.5) is 18.9 Å². The molecule has 0 radical (unpaired) electrons. The highest BCUT2D eigenvalue weighted by Gasteiger charge is 2.32. The van der Waals surface area contributed by atoms with Gasteiger partial charge in [-0.15, -0.1) is 0 Å². The Kier molecular flexibility index (Phi) is 6.19. The van der Waals surface area contributed by atoms with Crippen LogP contribution in [0.25, 0.3) is 10.9 Å². The van der Waals surface area contributed by atoms with Crippen LogP contribution in [0.5, 0.6) is 0 Å². The molecule has 0 aliphatic carbocycles. The minimum Gasteiger partial charge on any atom is -0.378 e. The number of hydrogen-bond acceptors (Lipinski definition) is 3. The van der Waals surface area contributed by atoms with Crippen LogP contribution in [0.2, 0.25) is 0 Å². The van der Waals surface area contributed by atoms with E-state index in [9.17, 15) is 22.8 Å². The molecule has 2 heterocycles. The maximum Gasteiger partial charge on any atom is 0.431 e. The second-order valence-corrected chi connectivity index (χ2v) is 8.15. The van der Waals surface area contributed by atoms with Crippen LogP contribution in [-0.4, -0.2) is 36.5 Å². The number of nitrogens with zero attached hydrogens (tertiary/aromatic N) is 1. The van der Waals surface area contributed by atoms with Gasteiger partial charge in [-0.2, -0.15) is 13.2 Å². The zero-order valence-corrected chi connectivity index (χ0v) is 18.5. The molecule has 34 heavy (non-hydrogen) atoms. The fourth-order valence-electron chi connectivity index (χ4n) is 3.90. The van der Waals surface area contributed by atoms with E-state index in [1.54, 1.807) is 4.98 Å². The molecule has 2 aromatic heterocycles. The van der Waals surface area contributed by atoms with Gasteiger partial charge in [0.15, 0.2) is 0 Å². The monoisotopic (exact) mass is 468 g/mol. The van der Waals surface area contributed by atoms with Gasteiger partial charge in [0.1, 0.15) is 11.3 Å². The lowest BCUT2D eigenvalue weighted by atomic mass is 9.90. The first-order valence-electron chi connectivity index (χ1n) is 10.6. The molecule has 176 valence electrons. The van der Waals surface area contributed by atoms with E-state index in [1.165, 1.54) is 0 Å². The quantitative estimate of drug-likeness (QED) is 0.390. The van der Waals surface area contributed by atoms with Crippen LogP contribution in [0, 0.1) is 0 Å². The van der Waals surface area contributed by atoms with Gasteiger partial charge in [-0.25, -0.2) is 0 Å². The average Bonchev–Trinajstić information content (AvgIpc) is 3.23. The zero-order valence-electron chi connectivity index (χ0n) is 18.5. The normalized spacial score (nSPS) is 12.5. The van der Waals surface area contributed by atoms with Gasteiger partial charge in [0, 0.05) is 49.3 Å². The van der Waals surface area contributed by atoms with E-state index in [4.69, 9.17) is 0 Å². The van der Waals surface area contributed by atoms with E-state index >= 15 is 0 Å². The number of H-pyrrole nitrogens is 2. The number of rotatable bonds is 6. The SMILES string of the molecule is CN(C)c1ccc(C(CNC(=O)c2ccc(C(F)(F)F)[nH]c2=O)c2c[nH]c3ccccc23)cc1. The number of nitrogens with one attached hydrogen (secondary N) is 3. The number of amides is 1. The first kappa shape index (κ1) is 23.2. The second-order valence-electron chi connectivity index (χ2n) is 8.15. The number of carbonyl (C=O) groups excluding carboxylic acids is 1. The number of anilines is 1. The molecule has 0 fully saturated rings. The molecular formula is C25H23F3N4O2. The number of halogens is 3. The number of aromatic nitrogens is 2. The van der Waals surface area contributed by atoms with E-state index < -0.39 is 23.3 Å². The lowest BCUT2D eigenvalue weighted by molar-refractivity contribution is -0.141. The summed E-state index contributed by atoms with van der Waals surface area (Å²) in [4.78, 5) is 31.8. The van der Waals surface area contributed by atoms with Crippen molar-refractivity contribution in [2.24, 2.45) is 0 Å². The van der Waals surface area contributed by atoms with E-state index in [1.807, 2.05) is 73.7 Å². The van der Waals surface area contributed by atoms with Crippen molar-refractivity contribution < 1.29 is 18.0 Å². The Hall–Kier alpha value is -4.01. The Labute approximate surface area is 193 Å². The summed E-state index contributed by atoms with van der Waals surface area (Å²) in [6, 6.07) is 17.2. The summed E-state index contributed by atoms with van der Waals surface area (Å²) >= 11 is 0. The predicted molar refractivity (Wildman–Crippen MR) is 125 cm³/mol. The summed E-state index contributed by atoms with van der Waals surface area (Å²) in [5.41, 5.74) is 1.18. The van der Waals surface area contributed by atoms with Crippen molar-refractivity contribution in [3.63, 3.8) is 0 Å². The van der Waals surface area contributed by atoms with Gasteiger partial charge in [0.05, 0.1) is 0 Å². The number of fused-ring (bicyclic) bond motifs is 1. The predicted octanol–water partition coefficient (Wildman–Crippen LogP) is 4.50. The summed E-state index contributed by atoms with van der Waals surface area (Å²) in [5.74, 6) is -1.01. The minimum absolute atomic E-state index is 0.141. The van der Waals surface area contributed by atoms with Gasteiger partial charge in [-0.3, -0.25) is 9.59 Å². The van der Waals surface area contributed by atoms with Crippen molar-refractivity contribution in [1.29, 1.82) is 0 Å². The van der Waals surface area contributed by atoms with Crippen molar-refractivity contribution in [3.8, 4) is 0 Å². The second kappa shape index (κ2) is 9.09. The van der Waals surface area contributed by atoms with Gasteiger partial charge in [-0.05, 0) is 41.5 Å². The van der Waals surface area contributed by atoms with E-state index in [-0.39, 0.29) is 18.0 Å². The van der Waals surface area contributed by atoms with Crippen LogP contribution >= 0.6 is 0 Å². The van der Waals surface area contributed by atoms with Crippen molar-refractivity contribution in [3.05, 3.63) is 99.6 Å². The molecule has 4 aromatic rings. The first-order valence-corrected chi connectivity index (χ1v) is 10.6. The van der Waals surface area contributed by atoms with Crippen molar-refractivity contribution in [2.45, 2.75) is 12.1 Å². The molecule has 0 aliphatic rings. The molecule has 4 rings (SSSR count). The minimum atomic E-state index is -4.70. The summed E-state index contributed by atoms with van der Waals surface area (Å²) in [6.07, 6.45) is -2.82. The molecule has 1 amide bonds. The molecule has 0 saturated carbocycles. The third kappa shape index (κ3) is 4.68. The standard InChI is InChI=1S/C25H23F3N4O2/c1-32(2)16-9-7-15(8-10-16)19(20-14-29-21-6-4-3-5-17(20)21)13-30-23(33)18-11-12-22(25(26,27)28)31-24(18)34/h3-12,14,19,29H,13H2,1-2H3,(H,30,33)(H,31,34). The Morgan fingerprint density at radius 1 is 1.03 bits per heavy atom. The molecular weight excluding hydrogens is 445 g/mol. The van der Waals surface area contributed by atoms with Gasteiger partial charge < -0.3 is 20.2 Å². The lowest BCUT2D eigenvalue weighted by Crippen LogP contribution is -2.33. The van der Waals surface area contributed by atoms with E-state index in [0.717, 1.165) is 33.8 Å². The largest absolute Gasteiger partial charge is 0.431 e. The van der Waals surface area contributed by atoms with Crippen LogP contribution < -0.4 is 15.8 Å². The van der Waals surface area contributed by atoms with Crippen LogP contribution in [0.15, 0.2) is 71.7 Å². The maximum atomic E-state index is 12.8. The molecule has 9 heteroatoms.